The number of rotatable bonds is 8. The van der Waals surface area contributed by atoms with Crippen LogP contribution in [0.1, 0.15) is 30.0 Å². The van der Waals surface area contributed by atoms with Gasteiger partial charge in [-0.2, -0.15) is 4.68 Å². The second-order valence-corrected chi connectivity index (χ2v) is 8.86. The molecular formula is C21H22N6O4S. The number of aryl methyl sites for hydroxylation is 1. The van der Waals surface area contributed by atoms with Crippen molar-refractivity contribution >= 4 is 21.7 Å². The summed E-state index contributed by atoms with van der Waals surface area (Å²) >= 11 is 0. The molecule has 2 aromatic heterocycles. The van der Waals surface area contributed by atoms with E-state index in [1.54, 1.807) is 26.0 Å². The Kier molecular flexibility index (Phi) is 6.85. The summed E-state index contributed by atoms with van der Waals surface area (Å²) in [5, 5.41) is 8.08. The van der Waals surface area contributed by atoms with Crippen LogP contribution in [0.5, 0.6) is 0 Å². The van der Waals surface area contributed by atoms with E-state index >= 15 is 0 Å². The quantitative estimate of drug-likeness (QED) is 0.410. The van der Waals surface area contributed by atoms with Gasteiger partial charge in [0.25, 0.3) is 0 Å². The summed E-state index contributed by atoms with van der Waals surface area (Å²) in [7, 11) is -3.46. The van der Waals surface area contributed by atoms with Crippen molar-refractivity contribution in [1.29, 1.82) is 0 Å². The Bertz CT molecular complexity index is 1270. The maximum Gasteiger partial charge on any atom is 0.312 e. The van der Waals surface area contributed by atoms with E-state index in [9.17, 15) is 13.2 Å². The van der Waals surface area contributed by atoms with Gasteiger partial charge in [0.1, 0.15) is 11.8 Å². The smallest absolute Gasteiger partial charge is 0.312 e. The first kappa shape index (κ1) is 22.9. The molecule has 166 valence electrons. The molecule has 0 aliphatic carbocycles. The molecule has 2 heterocycles. The van der Waals surface area contributed by atoms with Crippen LogP contribution in [-0.4, -0.2) is 40.6 Å². The van der Waals surface area contributed by atoms with Gasteiger partial charge in [0, 0.05) is 0 Å². The molecule has 11 heteroatoms. The maximum atomic E-state index is 12.6. The lowest BCUT2D eigenvalue weighted by Gasteiger charge is -2.14. The minimum Gasteiger partial charge on any atom is -0.457 e. The van der Waals surface area contributed by atoms with E-state index in [0.717, 1.165) is 11.8 Å². The van der Waals surface area contributed by atoms with Gasteiger partial charge in [-0.15, -0.1) is 5.10 Å². The van der Waals surface area contributed by atoms with E-state index in [1.165, 1.54) is 4.68 Å². The molecule has 0 saturated heterocycles. The number of hydrogen-bond acceptors (Lipinski definition) is 7. The fraction of sp³-hybridized carbons (Fsp3) is 0.286. The predicted octanol–water partition coefficient (Wildman–Crippen LogP) is 2.74. The molecule has 1 aromatic carbocycles. The second-order valence-electron chi connectivity index (χ2n) is 7.11. The van der Waals surface area contributed by atoms with E-state index in [0.29, 0.717) is 28.5 Å². The topological polar surface area (TPSA) is 120 Å². The molecule has 3 rings (SSSR count). The monoisotopic (exact) mass is 454 g/mol. The summed E-state index contributed by atoms with van der Waals surface area (Å²) in [6.45, 7) is 10.5. The Morgan fingerprint density at radius 3 is 2.59 bits per heavy atom. The predicted molar refractivity (Wildman–Crippen MR) is 118 cm³/mol. The maximum absolute atomic E-state index is 12.6. The first-order valence-electron chi connectivity index (χ1n) is 9.63. The van der Waals surface area contributed by atoms with Gasteiger partial charge in [-0.1, -0.05) is 35.5 Å². The normalized spacial score (nSPS) is 12.1. The summed E-state index contributed by atoms with van der Waals surface area (Å²) < 4.78 is 32.3. The van der Waals surface area contributed by atoms with Crippen LogP contribution in [0.3, 0.4) is 0 Å². The molecule has 0 bridgehead atoms. The van der Waals surface area contributed by atoms with Gasteiger partial charge >= 0.3 is 12.6 Å². The zero-order chi connectivity index (χ0) is 23.3. The minimum atomic E-state index is -3.46. The average Bonchev–Trinajstić information content (AvgIpc) is 3.11. The fourth-order valence-corrected chi connectivity index (χ4v) is 3.67. The number of nitrogens with one attached hydrogen (secondary N) is 1. The van der Waals surface area contributed by atoms with Crippen LogP contribution in [0.4, 0.5) is 5.69 Å². The molecule has 1 N–H and O–H groups in total. The van der Waals surface area contributed by atoms with Crippen molar-refractivity contribution in [2.45, 2.75) is 33.0 Å². The van der Waals surface area contributed by atoms with Crippen molar-refractivity contribution in [3.05, 3.63) is 70.8 Å². The van der Waals surface area contributed by atoms with E-state index in [1.807, 2.05) is 30.3 Å². The molecule has 0 aliphatic rings. The lowest BCUT2D eigenvalue weighted by atomic mass is 10.1. The standard InChI is InChI=1S/C21H22N6O4S/c1-14-17(25-32(4,29)30)10-11-18(23-14)21-19(27(13-22-3)26-24-21)12-20(28)31-15(2)16-8-6-5-7-9-16/h5-11,15,25H,12-13H2,1-2,4H3/t15-/m1/s1. The summed E-state index contributed by atoms with van der Waals surface area (Å²) in [6, 6.07) is 12.5. The van der Waals surface area contributed by atoms with Crippen molar-refractivity contribution in [3.8, 4) is 11.4 Å². The van der Waals surface area contributed by atoms with Crippen LogP contribution in [0.2, 0.25) is 0 Å². The van der Waals surface area contributed by atoms with E-state index in [4.69, 9.17) is 11.3 Å². The van der Waals surface area contributed by atoms with Crippen LogP contribution in [-0.2, 0) is 32.6 Å². The Hall–Kier alpha value is -3.78. The molecule has 1 atom stereocenters. The highest BCUT2D eigenvalue weighted by atomic mass is 32.2. The third-order valence-electron chi connectivity index (χ3n) is 4.56. The highest BCUT2D eigenvalue weighted by molar-refractivity contribution is 7.92. The van der Waals surface area contributed by atoms with Crippen LogP contribution in [0.15, 0.2) is 42.5 Å². The van der Waals surface area contributed by atoms with E-state index < -0.39 is 22.1 Å². The Labute approximate surface area is 186 Å². The Morgan fingerprint density at radius 1 is 1.25 bits per heavy atom. The number of carbonyl (C=O) groups excluding carboxylic acids is 1. The number of carbonyl (C=O) groups is 1. The van der Waals surface area contributed by atoms with Gasteiger partial charge in [0.15, 0.2) is 0 Å². The summed E-state index contributed by atoms with van der Waals surface area (Å²) in [5.41, 5.74) is 2.74. The highest BCUT2D eigenvalue weighted by Crippen LogP contribution is 2.25. The number of benzene rings is 1. The number of pyridine rings is 1. The van der Waals surface area contributed by atoms with Crippen molar-refractivity contribution in [1.82, 2.24) is 20.0 Å². The van der Waals surface area contributed by atoms with Crippen LogP contribution < -0.4 is 4.72 Å². The minimum absolute atomic E-state index is 0.115. The summed E-state index contributed by atoms with van der Waals surface area (Å²) in [5.74, 6) is -0.497. The third-order valence-corrected chi connectivity index (χ3v) is 5.15. The van der Waals surface area contributed by atoms with Gasteiger partial charge < -0.3 is 4.74 Å². The van der Waals surface area contributed by atoms with Gasteiger partial charge in [-0.25, -0.2) is 20.0 Å². The van der Waals surface area contributed by atoms with Crippen molar-refractivity contribution in [3.63, 3.8) is 0 Å². The Morgan fingerprint density at radius 2 is 1.97 bits per heavy atom. The average molecular weight is 455 g/mol. The zero-order valence-electron chi connectivity index (χ0n) is 17.8. The molecule has 3 aromatic rings. The second kappa shape index (κ2) is 9.57. The van der Waals surface area contributed by atoms with Crippen LogP contribution in [0.25, 0.3) is 16.2 Å². The van der Waals surface area contributed by atoms with Crippen molar-refractivity contribution < 1.29 is 17.9 Å². The van der Waals surface area contributed by atoms with Crippen LogP contribution >= 0.6 is 0 Å². The number of esters is 1. The molecular weight excluding hydrogens is 432 g/mol. The molecule has 0 radical (unpaired) electrons. The first-order chi connectivity index (χ1) is 15.2. The Balaban J connectivity index is 1.87. The molecule has 10 nitrogen and oxygen atoms in total. The summed E-state index contributed by atoms with van der Waals surface area (Å²) in [4.78, 5) is 20.4. The zero-order valence-corrected chi connectivity index (χ0v) is 18.6. The van der Waals surface area contributed by atoms with E-state index in [-0.39, 0.29) is 13.1 Å². The van der Waals surface area contributed by atoms with Crippen LogP contribution in [0, 0.1) is 13.5 Å². The number of nitrogens with zero attached hydrogens (tertiary/aromatic N) is 5. The van der Waals surface area contributed by atoms with Gasteiger partial charge in [-0.05, 0) is 31.5 Å². The van der Waals surface area contributed by atoms with Crippen molar-refractivity contribution in [2.24, 2.45) is 0 Å². The lowest BCUT2D eigenvalue weighted by molar-refractivity contribution is -0.147. The molecule has 0 amide bonds. The van der Waals surface area contributed by atoms with Gasteiger partial charge in [-0.3, -0.25) is 14.4 Å². The molecule has 32 heavy (non-hydrogen) atoms. The number of hydrogen-bond donors (Lipinski definition) is 1. The number of aromatic nitrogens is 4. The molecule has 0 saturated carbocycles. The lowest BCUT2D eigenvalue weighted by Crippen LogP contribution is -2.15. The van der Waals surface area contributed by atoms with Gasteiger partial charge in [0.2, 0.25) is 10.0 Å². The summed E-state index contributed by atoms with van der Waals surface area (Å²) in [6.07, 6.45) is 0.453. The molecule has 0 unspecified atom stereocenters. The molecule has 0 fully saturated rings. The number of sulfonamides is 1. The SMILES string of the molecule is [C-]#[N+]Cn1nnc(-c2ccc(NS(C)(=O)=O)c(C)n2)c1CC(=O)O[C@H](C)c1ccccc1. The molecule has 0 spiro atoms. The highest BCUT2D eigenvalue weighted by Gasteiger charge is 2.22. The van der Waals surface area contributed by atoms with Gasteiger partial charge in [0.05, 0.1) is 35.4 Å². The first-order valence-corrected chi connectivity index (χ1v) is 11.5. The number of ether oxygens (including phenoxy) is 1. The largest absolute Gasteiger partial charge is 0.457 e. The third kappa shape index (κ3) is 5.67. The molecule has 0 aliphatic heterocycles. The van der Waals surface area contributed by atoms with E-state index in [2.05, 4.69) is 24.9 Å². The fourth-order valence-electron chi connectivity index (χ4n) is 3.06. The number of anilines is 1. The van der Waals surface area contributed by atoms with Crippen molar-refractivity contribution in [2.75, 3.05) is 11.0 Å².